The summed E-state index contributed by atoms with van der Waals surface area (Å²) in [5, 5.41) is 4.61. The van der Waals surface area contributed by atoms with Crippen molar-refractivity contribution in [1.29, 1.82) is 0 Å². The number of halogens is 1. The second-order valence-corrected chi connectivity index (χ2v) is 6.44. The van der Waals surface area contributed by atoms with Gasteiger partial charge in [0.25, 0.3) is 0 Å². The molecule has 4 aromatic rings. The number of benzene rings is 3. The monoisotopic (exact) mass is 362 g/mol. The summed E-state index contributed by atoms with van der Waals surface area (Å²) in [6.07, 6.45) is 0. The smallest absolute Gasteiger partial charge is 0.244 e. The molecule has 1 aromatic heterocycles. The molecular weight excluding hydrogens is 348 g/mol. The summed E-state index contributed by atoms with van der Waals surface area (Å²) in [6.45, 7) is 0.0911. The molecule has 5 heteroatoms. The molecule has 4 rings (SSSR count). The normalized spacial score (nSPS) is 11.0. The van der Waals surface area contributed by atoms with Gasteiger partial charge < -0.3 is 9.88 Å². The summed E-state index contributed by atoms with van der Waals surface area (Å²) >= 11 is 5.97. The van der Waals surface area contributed by atoms with Crippen LogP contribution in [0, 0.1) is 0 Å². The Labute approximate surface area is 154 Å². The van der Waals surface area contributed by atoms with Gasteiger partial charge in [-0.3, -0.25) is 9.59 Å². The molecule has 0 aliphatic heterocycles. The van der Waals surface area contributed by atoms with Crippen molar-refractivity contribution in [3.63, 3.8) is 0 Å². The number of amides is 1. The lowest BCUT2D eigenvalue weighted by atomic mass is 10.1. The van der Waals surface area contributed by atoms with Crippen LogP contribution < -0.4 is 10.7 Å². The van der Waals surface area contributed by atoms with Gasteiger partial charge in [0.1, 0.15) is 6.54 Å². The molecule has 128 valence electrons. The predicted octanol–water partition coefficient (Wildman–Crippen LogP) is 4.45. The summed E-state index contributed by atoms with van der Waals surface area (Å²) in [5.41, 5.74) is 2.08. The minimum Gasteiger partial charge on any atom is -0.331 e. The average molecular weight is 363 g/mol. The highest BCUT2D eigenvalue weighted by molar-refractivity contribution is 6.30. The number of anilines is 1. The maximum Gasteiger partial charge on any atom is 0.244 e. The third-order valence-electron chi connectivity index (χ3n) is 4.29. The van der Waals surface area contributed by atoms with Gasteiger partial charge in [0.05, 0.1) is 11.0 Å². The maximum atomic E-state index is 12.7. The van der Waals surface area contributed by atoms with Crippen molar-refractivity contribution in [2.75, 3.05) is 5.32 Å². The summed E-state index contributed by atoms with van der Waals surface area (Å²) in [4.78, 5) is 25.3. The summed E-state index contributed by atoms with van der Waals surface area (Å²) in [7, 11) is 0. The minimum atomic E-state index is -0.189. The van der Waals surface area contributed by atoms with E-state index in [0.717, 1.165) is 11.0 Å². The number of aromatic nitrogens is 1. The van der Waals surface area contributed by atoms with Crippen LogP contribution in [-0.2, 0) is 11.3 Å². The van der Waals surface area contributed by atoms with E-state index < -0.39 is 0 Å². The highest BCUT2D eigenvalue weighted by Crippen LogP contribution is 2.20. The Bertz CT molecular complexity index is 1140. The molecule has 0 saturated heterocycles. The number of rotatable bonds is 3. The molecule has 3 aromatic carbocycles. The van der Waals surface area contributed by atoms with E-state index in [2.05, 4.69) is 5.32 Å². The highest BCUT2D eigenvalue weighted by atomic mass is 35.5. The van der Waals surface area contributed by atoms with E-state index in [0.29, 0.717) is 21.5 Å². The predicted molar refractivity (Wildman–Crippen MR) is 106 cm³/mol. The Morgan fingerprint density at radius 1 is 0.885 bits per heavy atom. The van der Waals surface area contributed by atoms with Gasteiger partial charge in [-0.2, -0.15) is 0 Å². The lowest BCUT2D eigenvalue weighted by Crippen LogP contribution is -2.21. The first-order valence-electron chi connectivity index (χ1n) is 8.19. The summed E-state index contributed by atoms with van der Waals surface area (Å²) in [5.74, 6) is -0.189. The van der Waals surface area contributed by atoms with E-state index in [9.17, 15) is 9.59 Å². The lowest BCUT2D eigenvalue weighted by Gasteiger charge is -2.15. The third-order valence-corrected chi connectivity index (χ3v) is 4.52. The number of para-hydroxylation sites is 2. The first-order chi connectivity index (χ1) is 12.6. The van der Waals surface area contributed by atoms with Crippen LogP contribution in [0.1, 0.15) is 0 Å². The van der Waals surface area contributed by atoms with Gasteiger partial charge in [-0.05, 0) is 42.5 Å². The molecule has 0 unspecified atom stereocenters. The van der Waals surface area contributed by atoms with Crippen LogP contribution in [0.5, 0.6) is 0 Å². The molecule has 4 nitrogen and oxygen atoms in total. The van der Waals surface area contributed by atoms with E-state index in [4.69, 9.17) is 11.6 Å². The van der Waals surface area contributed by atoms with Gasteiger partial charge >= 0.3 is 0 Å². The number of carbonyl (C=O) groups is 1. The van der Waals surface area contributed by atoms with Gasteiger partial charge in [0.2, 0.25) is 5.91 Å². The van der Waals surface area contributed by atoms with Gasteiger partial charge in [-0.1, -0.05) is 41.9 Å². The zero-order valence-electron chi connectivity index (χ0n) is 13.8. The van der Waals surface area contributed by atoms with Crippen molar-refractivity contribution in [2.24, 2.45) is 0 Å². The number of nitrogens with one attached hydrogen (secondary N) is 1. The molecule has 0 bridgehead atoms. The van der Waals surface area contributed by atoms with Crippen molar-refractivity contribution in [3.8, 4) is 0 Å². The topological polar surface area (TPSA) is 51.1 Å². The molecule has 0 aliphatic rings. The Morgan fingerprint density at radius 3 is 2.12 bits per heavy atom. The first kappa shape index (κ1) is 16.4. The lowest BCUT2D eigenvalue weighted by molar-refractivity contribution is -0.116. The largest absolute Gasteiger partial charge is 0.331 e. The molecule has 0 spiro atoms. The standard InChI is InChI=1S/C21H15ClN2O2/c22-14-6-5-7-15(12-14)23-20(25)13-24-18-10-3-1-8-16(18)21(26)17-9-2-4-11-19(17)24/h1-12H,13H2,(H,23,25). The minimum absolute atomic E-state index is 0.0253. The Hall–Kier alpha value is -3.11. The molecule has 0 saturated carbocycles. The number of pyridine rings is 1. The quantitative estimate of drug-likeness (QED) is 0.547. The van der Waals surface area contributed by atoms with Crippen molar-refractivity contribution < 1.29 is 4.79 Å². The van der Waals surface area contributed by atoms with Crippen molar-refractivity contribution in [2.45, 2.75) is 6.54 Å². The fourth-order valence-electron chi connectivity index (χ4n) is 3.16. The van der Waals surface area contributed by atoms with Crippen molar-refractivity contribution in [1.82, 2.24) is 4.57 Å². The highest BCUT2D eigenvalue weighted by Gasteiger charge is 2.13. The third kappa shape index (κ3) is 2.95. The molecule has 0 atom stereocenters. The van der Waals surface area contributed by atoms with E-state index in [1.54, 1.807) is 36.4 Å². The first-order valence-corrected chi connectivity index (χ1v) is 8.57. The zero-order chi connectivity index (χ0) is 18.1. The Kier molecular flexibility index (Phi) is 4.19. The number of carbonyl (C=O) groups excluding carboxylic acids is 1. The van der Waals surface area contributed by atoms with Gasteiger partial charge in [-0.25, -0.2) is 0 Å². The van der Waals surface area contributed by atoms with Crippen LogP contribution in [0.15, 0.2) is 77.6 Å². The number of hydrogen-bond donors (Lipinski definition) is 1. The van der Waals surface area contributed by atoms with Gasteiger partial charge in [-0.15, -0.1) is 0 Å². The number of fused-ring (bicyclic) bond motifs is 2. The van der Waals surface area contributed by atoms with Gasteiger partial charge in [0.15, 0.2) is 5.43 Å². The van der Waals surface area contributed by atoms with E-state index in [1.165, 1.54) is 0 Å². The van der Waals surface area contributed by atoms with E-state index in [-0.39, 0.29) is 17.9 Å². The average Bonchev–Trinajstić information content (AvgIpc) is 2.65. The maximum absolute atomic E-state index is 12.7. The Morgan fingerprint density at radius 2 is 1.50 bits per heavy atom. The molecule has 0 fully saturated rings. The van der Waals surface area contributed by atoms with E-state index >= 15 is 0 Å². The number of nitrogens with zero attached hydrogens (tertiary/aromatic N) is 1. The van der Waals surface area contributed by atoms with Gasteiger partial charge in [0, 0.05) is 21.5 Å². The summed E-state index contributed by atoms with van der Waals surface area (Å²) in [6, 6.07) is 21.7. The van der Waals surface area contributed by atoms with Crippen LogP contribution in [0.3, 0.4) is 0 Å². The fourth-order valence-corrected chi connectivity index (χ4v) is 3.35. The zero-order valence-corrected chi connectivity index (χ0v) is 14.5. The van der Waals surface area contributed by atoms with Crippen molar-refractivity contribution in [3.05, 3.63) is 88.0 Å². The summed E-state index contributed by atoms with van der Waals surface area (Å²) < 4.78 is 1.87. The molecule has 26 heavy (non-hydrogen) atoms. The molecule has 1 heterocycles. The van der Waals surface area contributed by atoms with Crippen LogP contribution >= 0.6 is 11.6 Å². The molecule has 0 radical (unpaired) electrons. The van der Waals surface area contributed by atoms with Crippen LogP contribution in [0.25, 0.3) is 21.8 Å². The van der Waals surface area contributed by atoms with E-state index in [1.807, 2.05) is 41.0 Å². The fraction of sp³-hybridized carbons (Fsp3) is 0.0476. The molecule has 0 aliphatic carbocycles. The van der Waals surface area contributed by atoms with Crippen LogP contribution in [-0.4, -0.2) is 10.5 Å². The molecule has 1 amide bonds. The second-order valence-electron chi connectivity index (χ2n) is 6.01. The Balaban J connectivity index is 1.81. The van der Waals surface area contributed by atoms with Crippen LogP contribution in [0.2, 0.25) is 5.02 Å². The number of hydrogen-bond acceptors (Lipinski definition) is 2. The van der Waals surface area contributed by atoms with Crippen molar-refractivity contribution >= 4 is 45.0 Å². The van der Waals surface area contributed by atoms with Crippen LogP contribution in [0.4, 0.5) is 5.69 Å². The second kappa shape index (κ2) is 6.65. The molecular formula is C21H15ClN2O2. The molecule has 1 N–H and O–H groups in total. The SMILES string of the molecule is O=C(Cn1c2ccccc2c(=O)c2ccccc21)Nc1cccc(Cl)c1.